The Balaban J connectivity index is 1.36. The summed E-state index contributed by atoms with van der Waals surface area (Å²) in [7, 11) is 0. The first kappa shape index (κ1) is 24.3. The van der Waals surface area contributed by atoms with Crippen LogP contribution in [0.1, 0.15) is 68.4 Å². The lowest BCUT2D eigenvalue weighted by atomic mass is 9.93. The molecule has 182 valence electrons. The monoisotopic (exact) mass is 483 g/mol. The van der Waals surface area contributed by atoms with Crippen molar-refractivity contribution in [3.8, 4) is 0 Å². The minimum Gasteiger partial charge on any atom is -0.322 e. The number of hydrogen-bond acceptors (Lipinski definition) is 5. The molecule has 2 heterocycles. The lowest BCUT2D eigenvalue weighted by Crippen LogP contribution is -2.49. The molecule has 1 unspecified atom stereocenters. The zero-order chi connectivity index (χ0) is 24.3. The molecule has 2 aliphatic rings. The number of amides is 4. The average molecular weight is 484 g/mol. The number of rotatable bonds is 8. The number of imidazole rings is 1. The molecule has 1 aromatic carbocycles. The van der Waals surface area contributed by atoms with E-state index in [1.54, 1.807) is 6.92 Å². The maximum Gasteiger partial charge on any atom is 0.344 e. The third-order valence-electron chi connectivity index (χ3n) is 6.88. The lowest BCUT2D eigenvalue weighted by Gasteiger charge is -2.26. The van der Waals surface area contributed by atoms with Crippen LogP contribution in [0.5, 0.6) is 0 Å². The number of nitrogens with one attached hydrogen (secondary N) is 2. The van der Waals surface area contributed by atoms with Gasteiger partial charge in [-0.2, -0.15) is 5.01 Å². The van der Waals surface area contributed by atoms with Gasteiger partial charge >= 0.3 is 6.03 Å². The molecular formula is C25H33N5O3S. The minimum atomic E-state index is -1.06. The molecule has 9 heteroatoms. The van der Waals surface area contributed by atoms with Crippen molar-refractivity contribution in [1.29, 1.82) is 0 Å². The van der Waals surface area contributed by atoms with Gasteiger partial charge in [-0.3, -0.25) is 15.0 Å². The van der Waals surface area contributed by atoms with E-state index in [0.29, 0.717) is 18.9 Å². The first-order valence-corrected chi connectivity index (χ1v) is 13.0. The Morgan fingerprint density at radius 1 is 1.18 bits per heavy atom. The summed E-state index contributed by atoms with van der Waals surface area (Å²) in [6.45, 7) is 5.76. The Hall–Kier alpha value is -2.81. The average Bonchev–Trinajstić information content (AvgIpc) is 3.24. The van der Waals surface area contributed by atoms with Crippen LogP contribution in [0.15, 0.2) is 35.5 Å². The highest BCUT2D eigenvalue weighted by atomic mass is 32.2. The topological polar surface area (TPSA) is 96.3 Å². The third kappa shape index (κ3) is 5.14. The number of urea groups is 1. The molecule has 0 bridgehead atoms. The summed E-state index contributed by atoms with van der Waals surface area (Å²) < 4.78 is 2.26. The maximum absolute atomic E-state index is 13.0. The van der Waals surface area contributed by atoms with Crippen molar-refractivity contribution in [3.63, 3.8) is 0 Å². The van der Waals surface area contributed by atoms with E-state index in [2.05, 4.69) is 27.2 Å². The summed E-state index contributed by atoms with van der Waals surface area (Å²) in [6, 6.07) is 9.61. The zero-order valence-electron chi connectivity index (χ0n) is 20.1. The first-order valence-electron chi connectivity index (χ1n) is 12.0. The maximum atomic E-state index is 13.0. The van der Waals surface area contributed by atoms with E-state index in [1.807, 2.05) is 37.3 Å². The SMILES string of the molecule is Cc1nc(SCC(=O)NN2C(=O)NC(C)(CCc3ccccc3)C2=O)n(C2CCCCC2)c1C. The number of imide groups is 1. The van der Waals surface area contributed by atoms with Crippen LogP contribution < -0.4 is 10.7 Å². The number of nitrogens with zero attached hydrogens (tertiary/aromatic N) is 3. The molecule has 2 fully saturated rings. The molecule has 1 saturated carbocycles. The summed E-state index contributed by atoms with van der Waals surface area (Å²) >= 11 is 1.35. The van der Waals surface area contributed by atoms with E-state index in [0.717, 1.165) is 40.0 Å². The molecule has 4 rings (SSSR count). The van der Waals surface area contributed by atoms with Crippen molar-refractivity contribution in [3.05, 3.63) is 47.3 Å². The largest absolute Gasteiger partial charge is 0.344 e. The Labute approximate surface area is 204 Å². The number of aryl methyl sites for hydroxylation is 2. The van der Waals surface area contributed by atoms with Gasteiger partial charge in [0.1, 0.15) is 5.54 Å². The van der Waals surface area contributed by atoms with E-state index in [1.165, 1.54) is 31.0 Å². The fourth-order valence-electron chi connectivity index (χ4n) is 4.75. The number of hydrogen-bond donors (Lipinski definition) is 2. The molecule has 2 N–H and O–H groups in total. The second-order valence-electron chi connectivity index (χ2n) is 9.44. The van der Waals surface area contributed by atoms with Crippen molar-refractivity contribution in [2.24, 2.45) is 0 Å². The van der Waals surface area contributed by atoms with Gasteiger partial charge in [0.15, 0.2) is 5.16 Å². The summed E-state index contributed by atoms with van der Waals surface area (Å²) in [4.78, 5) is 42.8. The minimum absolute atomic E-state index is 0.0698. The van der Waals surface area contributed by atoms with Crippen LogP contribution in [0.25, 0.3) is 0 Å². The Morgan fingerprint density at radius 2 is 1.88 bits per heavy atom. The normalized spacial score (nSPS) is 21.1. The molecule has 1 aromatic heterocycles. The number of aromatic nitrogens is 2. The summed E-state index contributed by atoms with van der Waals surface area (Å²) in [5, 5.41) is 4.38. The van der Waals surface area contributed by atoms with Crippen LogP contribution in [0.3, 0.4) is 0 Å². The Kier molecular flexibility index (Phi) is 7.30. The number of carbonyl (C=O) groups is 3. The molecule has 8 nitrogen and oxygen atoms in total. The summed E-state index contributed by atoms with van der Waals surface area (Å²) in [6.07, 6.45) is 7.02. The van der Waals surface area contributed by atoms with E-state index in [9.17, 15) is 14.4 Å². The number of hydrazine groups is 1. The van der Waals surface area contributed by atoms with Gasteiger partial charge in [-0.05, 0) is 52.0 Å². The molecule has 0 spiro atoms. The van der Waals surface area contributed by atoms with E-state index in [-0.39, 0.29) is 5.75 Å². The van der Waals surface area contributed by atoms with E-state index < -0.39 is 23.4 Å². The van der Waals surface area contributed by atoms with Crippen LogP contribution in [-0.4, -0.2) is 43.7 Å². The van der Waals surface area contributed by atoms with Gasteiger partial charge in [0.2, 0.25) is 5.91 Å². The number of carbonyl (C=O) groups excluding carboxylic acids is 3. The van der Waals surface area contributed by atoms with Crippen LogP contribution in [-0.2, 0) is 16.0 Å². The van der Waals surface area contributed by atoms with Crippen molar-refractivity contribution < 1.29 is 14.4 Å². The molecule has 34 heavy (non-hydrogen) atoms. The fourth-order valence-corrected chi connectivity index (χ4v) is 5.70. The zero-order valence-corrected chi connectivity index (χ0v) is 20.9. The molecule has 1 atom stereocenters. The first-order chi connectivity index (χ1) is 16.3. The molecule has 2 aromatic rings. The number of thioether (sulfide) groups is 1. The van der Waals surface area contributed by atoms with Gasteiger partial charge in [-0.1, -0.05) is 61.4 Å². The highest BCUT2D eigenvalue weighted by molar-refractivity contribution is 7.99. The predicted octanol–water partition coefficient (Wildman–Crippen LogP) is 4.07. The summed E-state index contributed by atoms with van der Waals surface area (Å²) in [5.74, 6) is -0.781. The van der Waals surface area contributed by atoms with E-state index >= 15 is 0 Å². The predicted molar refractivity (Wildman–Crippen MR) is 131 cm³/mol. The molecule has 1 aliphatic carbocycles. The van der Waals surface area contributed by atoms with Crippen molar-refractivity contribution in [2.45, 2.75) is 82.5 Å². The van der Waals surface area contributed by atoms with Gasteiger partial charge in [0.05, 0.1) is 11.4 Å². The van der Waals surface area contributed by atoms with Crippen molar-refractivity contribution in [1.82, 2.24) is 25.3 Å². The van der Waals surface area contributed by atoms with Gasteiger partial charge in [0.25, 0.3) is 5.91 Å². The van der Waals surface area contributed by atoms with Gasteiger partial charge in [-0.25, -0.2) is 9.78 Å². The van der Waals surface area contributed by atoms with Crippen LogP contribution in [0.4, 0.5) is 4.79 Å². The van der Waals surface area contributed by atoms with Gasteiger partial charge < -0.3 is 9.88 Å². The highest BCUT2D eigenvalue weighted by Crippen LogP contribution is 2.34. The second kappa shape index (κ2) is 10.2. The van der Waals surface area contributed by atoms with Crippen LogP contribution in [0, 0.1) is 13.8 Å². The van der Waals surface area contributed by atoms with Crippen molar-refractivity contribution >= 4 is 29.6 Å². The van der Waals surface area contributed by atoms with Crippen LogP contribution >= 0.6 is 11.8 Å². The van der Waals surface area contributed by atoms with Gasteiger partial charge in [-0.15, -0.1) is 0 Å². The van der Waals surface area contributed by atoms with Crippen molar-refractivity contribution in [2.75, 3.05) is 5.75 Å². The Morgan fingerprint density at radius 3 is 2.59 bits per heavy atom. The van der Waals surface area contributed by atoms with Crippen LogP contribution in [0.2, 0.25) is 0 Å². The van der Waals surface area contributed by atoms with E-state index in [4.69, 9.17) is 0 Å². The molecular weight excluding hydrogens is 450 g/mol. The standard InChI is InChI=1S/C25H33N5O3S/c1-17-18(2)29(20-12-8-5-9-13-20)24(26-17)34-16-21(31)28-30-22(32)25(3,27-23(30)33)15-14-19-10-6-4-7-11-19/h4,6-7,10-11,20H,5,8-9,12-16H2,1-3H3,(H,27,33)(H,28,31). The molecule has 0 radical (unpaired) electrons. The van der Waals surface area contributed by atoms with Gasteiger partial charge in [0, 0.05) is 11.7 Å². The smallest absolute Gasteiger partial charge is 0.322 e. The Bertz CT molecular complexity index is 1060. The highest BCUT2D eigenvalue weighted by Gasteiger charge is 2.48. The third-order valence-corrected chi connectivity index (χ3v) is 7.83. The molecule has 4 amide bonds. The second-order valence-corrected chi connectivity index (χ2v) is 10.4. The quantitative estimate of drug-likeness (QED) is 0.436. The number of benzene rings is 1. The summed E-state index contributed by atoms with van der Waals surface area (Å²) in [5.41, 5.74) is 4.63. The molecule has 1 aliphatic heterocycles. The fraction of sp³-hybridized carbons (Fsp3) is 0.520. The lowest BCUT2D eigenvalue weighted by molar-refractivity contribution is -0.138. The molecule has 1 saturated heterocycles.